The highest BCUT2D eigenvalue weighted by atomic mass is 19.4. The van der Waals surface area contributed by atoms with Crippen molar-refractivity contribution in [3.8, 4) is 0 Å². The van der Waals surface area contributed by atoms with Crippen LogP contribution < -0.4 is 5.32 Å². The summed E-state index contributed by atoms with van der Waals surface area (Å²) in [6.45, 7) is 1.93. The molecule has 1 fully saturated rings. The molecule has 21 heavy (non-hydrogen) atoms. The number of alkyl halides is 3. The fourth-order valence-corrected chi connectivity index (χ4v) is 2.42. The Labute approximate surface area is 122 Å². The van der Waals surface area contributed by atoms with Crippen LogP contribution in [0.25, 0.3) is 0 Å². The maximum atomic E-state index is 12.6. The van der Waals surface area contributed by atoms with Gasteiger partial charge >= 0.3 is 6.18 Å². The standard InChI is InChI=1S/C15H19F3N2O/c16-15(17,18)12-5-4-6-13(11-12)19-8-7-14(21)20-9-2-1-3-10-20/h4-6,11,19H,1-3,7-10H2. The lowest BCUT2D eigenvalue weighted by Crippen LogP contribution is -2.36. The van der Waals surface area contributed by atoms with E-state index in [4.69, 9.17) is 0 Å². The van der Waals surface area contributed by atoms with Crippen molar-refractivity contribution in [2.45, 2.75) is 31.9 Å². The molecule has 2 rings (SSSR count). The van der Waals surface area contributed by atoms with Gasteiger partial charge in [0, 0.05) is 31.7 Å². The van der Waals surface area contributed by atoms with Crippen molar-refractivity contribution in [3.05, 3.63) is 29.8 Å². The summed E-state index contributed by atoms with van der Waals surface area (Å²) in [5, 5.41) is 2.88. The predicted octanol–water partition coefficient (Wildman–Crippen LogP) is 3.52. The summed E-state index contributed by atoms with van der Waals surface area (Å²) in [4.78, 5) is 13.8. The summed E-state index contributed by atoms with van der Waals surface area (Å²) in [7, 11) is 0. The molecular formula is C15H19F3N2O. The molecule has 0 bridgehead atoms. The number of likely N-dealkylation sites (tertiary alicyclic amines) is 1. The van der Waals surface area contributed by atoms with Gasteiger partial charge in [-0.2, -0.15) is 13.2 Å². The second-order valence-corrected chi connectivity index (χ2v) is 5.20. The number of carbonyl (C=O) groups is 1. The van der Waals surface area contributed by atoms with Gasteiger partial charge in [-0.25, -0.2) is 0 Å². The normalized spacial score (nSPS) is 15.9. The Morgan fingerprint density at radius 1 is 1.19 bits per heavy atom. The Balaban J connectivity index is 1.82. The first-order chi connectivity index (χ1) is 9.97. The molecule has 0 unspecified atom stereocenters. The lowest BCUT2D eigenvalue weighted by atomic mass is 10.1. The molecule has 6 heteroatoms. The number of halogens is 3. The molecule has 1 N–H and O–H groups in total. The molecular weight excluding hydrogens is 281 g/mol. The van der Waals surface area contributed by atoms with Crippen LogP contribution in [0.4, 0.5) is 18.9 Å². The molecule has 1 aromatic carbocycles. The van der Waals surface area contributed by atoms with Crippen LogP contribution in [-0.2, 0) is 11.0 Å². The van der Waals surface area contributed by atoms with E-state index in [-0.39, 0.29) is 5.91 Å². The van der Waals surface area contributed by atoms with Crippen molar-refractivity contribution < 1.29 is 18.0 Å². The molecule has 1 aromatic rings. The highest BCUT2D eigenvalue weighted by molar-refractivity contribution is 5.76. The molecule has 0 aliphatic carbocycles. The lowest BCUT2D eigenvalue weighted by molar-refractivity contribution is -0.137. The summed E-state index contributed by atoms with van der Waals surface area (Å²) < 4.78 is 37.7. The Morgan fingerprint density at radius 3 is 2.57 bits per heavy atom. The summed E-state index contributed by atoms with van der Waals surface area (Å²) in [5.74, 6) is 0.0641. The molecule has 1 saturated heterocycles. The largest absolute Gasteiger partial charge is 0.416 e. The highest BCUT2D eigenvalue weighted by Gasteiger charge is 2.30. The van der Waals surface area contributed by atoms with Crippen LogP contribution in [0.3, 0.4) is 0 Å². The number of piperidine rings is 1. The summed E-state index contributed by atoms with van der Waals surface area (Å²) in [5.41, 5.74) is -0.300. The number of nitrogens with zero attached hydrogens (tertiary/aromatic N) is 1. The topological polar surface area (TPSA) is 32.3 Å². The molecule has 0 radical (unpaired) electrons. The van der Waals surface area contributed by atoms with Gasteiger partial charge in [-0.15, -0.1) is 0 Å². The van der Waals surface area contributed by atoms with Crippen molar-refractivity contribution in [1.29, 1.82) is 0 Å². The van der Waals surface area contributed by atoms with E-state index in [2.05, 4.69) is 5.32 Å². The van der Waals surface area contributed by atoms with Gasteiger partial charge in [-0.3, -0.25) is 4.79 Å². The maximum Gasteiger partial charge on any atom is 0.416 e. The first kappa shape index (κ1) is 15.7. The SMILES string of the molecule is O=C(CCNc1cccc(C(F)(F)F)c1)N1CCCCC1. The summed E-state index contributed by atoms with van der Waals surface area (Å²) in [6.07, 6.45) is -0.816. The number of hydrogen-bond donors (Lipinski definition) is 1. The van der Waals surface area contributed by atoms with Gasteiger partial charge < -0.3 is 10.2 Å². The average Bonchev–Trinajstić information content (AvgIpc) is 2.47. The zero-order valence-corrected chi connectivity index (χ0v) is 11.7. The second kappa shape index (κ2) is 6.83. The Morgan fingerprint density at radius 2 is 1.90 bits per heavy atom. The average molecular weight is 300 g/mol. The van der Waals surface area contributed by atoms with Crippen LogP contribution in [0.1, 0.15) is 31.2 Å². The molecule has 0 aromatic heterocycles. The third kappa shape index (κ3) is 4.65. The first-order valence-corrected chi connectivity index (χ1v) is 7.16. The first-order valence-electron chi connectivity index (χ1n) is 7.16. The van der Waals surface area contributed by atoms with Crippen LogP contribution in [0.5, 0.6) is 0 Å². The van der Waals surface area contributed by atoms with Crippen molar-refractivity contribution in [3.63, 3.8) is 0 Å². The molecule has 1 aliphatic heterocycles. The van der Waals surface area contributed by atoms with Crippen molar-refractivity contribution in [2.75, 3.05) is 25.0 Å². The minimum Gasteiger partial charge on any atom is -0.385 e. The molecule has 116 valence electrons. The summed E-state index contributed by atoms with van der Waals surface area (Å²) >= 11 is 0. The molecule has 3 nitrogen and oxygen atoms in total. The minimum absolute atomic E-state index is 0.0641. The van der Waals surface area contributed by atoms with Crippen LogP contribution in [0.15, 0.2) is 24.3 Å². The monoisotopic (exact) mass is 300 g/mol. The third-order valence-electron chi connectivity index (χ3n) is 3.57. The third-order valence-corrected chi connectivity index (χ3v) is 3.57. The van der Waals surface area contributed by atoms with E-state index >= 15 is 0 Å². The second-order valence-electron chi connectivity index (χ2n) is 5.20. The smallest absolute Gasteiger partial charge is 0.385 e. The molecule has 0 saturated carbocycles. The van der Waals surface area contributed by atoms with Crippen LogP contribution >= 0.6 is 0 Å². The van der Waals surface area contributed by atoms with Gasteiger partial charge in [0.1, 0.15) is 0 Å². The van der Waals surface area contributed by atoms with Gasteiger partial charge in [0.05, 0.1) is 5.56 Å². The van der Waals surface area contributed by atoms with E-state index in [1.807, 2.05) is 4.90 Å². The Bertz CT molecular complexity index is 482. The molecule has 0 spiro atoms. The van der Waals surface area contributed by atoms with Crippen molar-refractivity contribution in [2.24, 2.45) is 0 Å². The van der Waals surface area contributed by atoms with E-state index in [0.717, 1.165) is 44.5 Å². The number of rotatable bonds is 4. The van der Waals surface area contributed by atoms with Crippen molar-refractivity contribution >= 4 is 11.6 Å². The predicted molar refractivity (Wildman–Crippen MR) is 75.0 cm³/mol. The van der Waals surface area contributed by atoms with Gasteiger partial charge in [0.25, 0.3) is 0 Å². The van der Waals surface area contributed by atoms with E-state index in [0.29, 0.717) is 18.7 Å². The van der Waals surface area contributed by atoms with Crippen molar-refractivity contribution in [1.82, 2.24) is 4.90 Å². The number of carbonyl (C=O) groups excluding carboxylic acids is 1. The van der Waals surface area contributed by atoms with Gasteiger partial charge in [-0.05, 0) is 37.5 Å². The quantitative estimate of drug-likeness (QED) is 0.922. The fourth-order valence-electron chi connectivity index (χ4n) is 2.42. The van der Waals surface area contributed by atoms with Gasteiger partial charge in [-0.1, -0.05) is 6.07 Å². The lowest BCUT2D eigenvalue weighted by Gasteiger charge is -2.26. The molecule has 0 atom stereocenters. The van der Waals surface area contributed by atoms with E-state index < -0.39 is 11.7 Å². The molecule has 1 amide bonds. The number of anilines is 1. The number of benzene rings is 1. The van der Waals surface area contributed by atoms with E-state index in [1.54, 1.807) is 6.07 Å². The van der Waals surface area contributed by atoms with Crippen LogP contribution in [-0.4, -0.2) is 30.4 Å². The van der Waals surface area contributed by atoms with E-state index in [9.17, 15) is 18.0 Å². The number of nitrogens with one attached hydrogen (secondary N) is 1. The minimum atomic E-state index is -4.35. The zero-order valence-electron chi connectivity index (χ0n) is 11.7. The van der Waals surface area contributed by atoms with Gasteiger partial charge in [0.15, 0.2) is 0 Å². The fraction of sp³-hybridized carbons (Fsp3) is 0.533. The maximum absolute atomic E-state index is 12.6. The Kier molecular flexibility index (Phi) is 5.09. The zero-order chi connectivity index (χ0) is 15.3. The molecule has 1 heterocycles. The van der Waals surface area contributed by atoms with Gasteiger partial charge in [0.2, 0.25) is 5.91 Å². The van der Waals surface area contributed by atoms with Crippen LogP contribution in [0.2, 0.25) is 0 Å². The Hall–Kier alpha value is -1.72. The number of amides is 1. The molecule has 1 aliphatic rings. The highest BCUT2D eigenvalue weighted by Crippen LogP contribution is 2.30. The summed E-state index contributed by atoms with van der Waals surface area (Å²) in [6, 6.07) is 5.02. The van der Waals surface area contributed by atoms with E-state index in [1.165, 1.54) is 6.07 Å². The van der Waals surface area contributed by atoms with Crippen LogP contribution in [0, 0.1) is 0 Å². The number of hydrogen-bond acceptors (Lipinski definition) is 2.